The van der Waals surface area contributed by atoms with Crippen LogP contribution < -0.4 is 0 Å². The molecule has 0 amide bonds. The fraction of sp³-hybridized carbons (Fsp3) is 0.0233. The van der Waals surface area contributed by atoms with Crippen LogP contribution in [0.4, 0.5) is 0 Å². The average Bonchev–Trinajstić information content (AvgIpc) is 1.57. The van der Waals surface area contributed by atoms with Gasteiger partial charge >= 0.3 is 0 Å². The van der Waals surface area contributed by atoms with E-state index in [-0.39, 0.29) is 35.3 Å². The third-order valence-electron chi connectivity index (χ3n) is 29.6. The SMILES string of the molecule is CC1(C)c2ccccc2-c2ccc(-c3nc(-n4c5cc6ccccc6cc5c5c6ccccc6ccc54)nc4nccnc34)cc21.[2H]c1c([2H])c([2H])c(-n2c3ccccc3c3cc(-c4nc(-n5c6cc7ccccc7cc6c6ccc7ccccc7c65)nc5nccnc45)ccc32)c([2H])c1[2H].c1ccc(-n2c3ccccc3c3ccc(-c4nc(-n5c6cc7ccccc7cc6c6cc7ccccc7cc65)nc5nccnc45)cc32)cc1. The molecule has 680 valence electrons. The first-order chi connectivity index (χ1) is 74.2. The molecule has 1 aliphatic rings. The lowest BCUT2D eigenvalue weighted by Crippen LogP contribution is -2.15. The maximum atomic E-state index is 8.80. The lowest BCUT2D eigenvalue weighted by Gasteiger charge is -2.22. The van der Waals surface area contributed by atoms with Crippen LogP contribution in [0.15, 0.2) is 444 Å². The summed E-state index contributed by atoms with van der Waals surface area (Å²) in [7, 11) is 0. The number of hydrogen-bond donors (Lipinski definition) is 0. The van der Waals surface area contributed by atoms with E-state index in [1.165, 1.54) is 76.1 Å². The van der Waals surface area contributed by atoms with Gasteiger partial charge in [-0.1, -0.05) is 305 Å². The Balaban J connectivity index is 0.000000104. The van der Waals surface area contributed by atoms with Crippen molar-refractivity contribution in [1.29, 1.82) is 0 Å². The molecule has 0 saturated heterocycles. The fourth-order valence-corrected chi connectivity index (χ4v) is 23.0. The summed E-state index contributed by atoms with van der Waals surface area (Å²) in [5.74, 6) is 1.59. The second-order valence-electron chi connectivity index (χ2n) is 37.9. The molecule has 0 saturated carbocycles. The van der Waals surface area contributed by atoms with Crippen molar-refractivity contribution in [3.63, 3.8) is 0 Å². The minimum absolute atomic E-state index is 0.0942. The van der Waals surface area contributed by atoms with E-state index in [0.717, 1.165) is 143 Å². The van der Waals surface area contributed by atoms with Crippen LogP contribution in [0, 0.1) is 0 Å². The lowest BCUT2D eigenvalue weighted by atomic mass is 9.82. The molecular weight excluding hydrogens is 1790 g/mol. The van der Waals surface area contributed by atoms with Gasteiger partial charge in [-0.25, -0.2) is 44.9 Å². The second kappa shape index (κ2) is 32.1. The van der Waals surface area contributed by atoms with Gasteiger partial charge in [0.25, 0.3) is 0 Å². The first kappa shape index (κ1) is 77.1. The molecule has 0 spiro atoms. The Kier molecular flexibility index (Phi) is 17.0. The smallest absolute Gasteiger partial charge is 0.237 e. The van der Waals surface area contributed by atoms with E-state index in [0.29, 0.717) is 68.1 Å². The highest BCUT2D eigenvalue weighted by atomic mass is 15.2. The fourth-order valence-electron chi connectivity index (χ4n) is 23.0. The summed E-state index contributed by atoms with van der Waals surface area (Å²) >= 11 is 0. The monoisotopic (exact) mass is 1870 g/mol. The minimum atomic E-state index is -0.432. The van der Waals surface area contributed by atoms with Crippen molar-refractivity contribution in [1.82, 2.24) is 82.6 Å². The first-order valence-corrected chi connectivity index (χ1v) is 48.7. The van der Waals surface area contributed by atoms with Crippen LogP contribution in [0.25, 0.3) is 281 Å². The van der Waals surface area contributed by atoms with Crippen LogP contribution in [0.3, 0.4) is 0 Å². The third kappa shape index (κ3) is 12.7. The molecule has 20 aromatic carbocycles. The molecule has 0 fully saturated rings. The quantitative estimate of drug-likeness (QED) is 0.141. The zero-order valence-electron chi connectivity index (χ0n) is 83.4. The number of para-hydroxylation sites is 4. The predicted molar refractivity (Wildman–Crippen MR) is 596 cm³/mol. The van der Waals surface area contributed by atoms with Gasteiger partial charge in [0.1, 0.15) is 33.6 Å². The molecule has 0 radical (unpaired) electrons. The van der Waals surface area contributed by atoms with Gasteiger partial charge in [-0.2, -0.15) is 15.0 Å². The number of rotatable bonds is 8. The highest BCUT2D eigenvalue weighted by molar-refractivity contribution is 6.25. The average molecular weight is 1870 g/mol. The third-order valence-corrected chi connectivity index (χ3v) is 29.6. The Bertz CT molecular complexity index is 11200. The Morgan fingerprint density at radius 1 is 0.219 bits per heavy atom. The Labute approximate surface area is 839 Å². The predicted octanol–water partition coefficient (Wildman–Crippen LogP) is 31.0. The van der Waals surface area contributed by atoms with Crippen molar-refractivity contribution in [2.24, 2.45) is 0 Å². The van der Waals surface area contributed by atoms with Gasteiger partial charge in [0.05, 0.1) is 62.0 Å². The van der Waals surface area contributed by atoms with Crippen molar-refractivity contribution in [2.75, 3.05) is 0 Å². The molecule has 17 heteroatoms. The van der Waals surface area contributed by atoms with Crippen LogP contribution in [-0.2, 0) is 5.41 Å². The topological polar surface area (TPSA) is 179 Å². The molecular formula is C129H79N17. The van der Waals surface area contributed by atoms with Crippen LogP contribution in [0.5, 0.6) is 0 Å². The first-order valence-electron chi connectivity index (χ1n) is 51.2. The van der Waals surface area contributed by atoms with Gasteiger partial charge in [0.15, 0.2) is 16.9 Å². The standard InChI is InChI=1S/2C44H26N6.C41H27N5/c1-2-14-32(15-3-1)49-37-17-9-8-16-33(37)34-19-18-31(26-38(34)49)41-42-43(46-21-20-45-42)48-44(47-41)50-39-24-29-12-6-4-10-27(29)22-35(39)36-23-28-11-5-7-13-30(28)25-40(36)50;1-2-13-31(14-3-1)49-37-17-9-8-16-33(37)35-25-30(19-21-38(35)49)40-41-43(46-23-22-45-41)48-44(47-40)50-39-26-29-12-5-4-11-28(29)24-36(39)34-20-18-27-10-6-7-15-32(27)42(34)50;1-41(2)32-14-8-7-13-29(32)30-17-15-27(22-33(30)41)37-38-39(43-20-19-42-38)45-40(44-37)46-34-18-16-24-9-5-6-12-28(24)36(34)31-21-25-10-3-4-11-26(25)23-35(31)46/h2*1-26H;3-23H,1-2H3/i;1D,2D,3D,13D,14D;. The second-order valence-corrected chi connectivity index (χ2v) is 37.9. The molecule has 0 N–H and O–H groups in total. The lowest BCUT2D eigenvalue weighted by molar-refractivity contribution is 0.660. The van der Waals surface area contributed by atoms with Gasteiger partial charge in [-0.15, -0.1) is 0 Å². The molecule has 1 aliphatic carbocycles. The number of nitrogens with zero attached hydrogens (tertiary/aromatic N) is 17. The highest BCUT2D eigenvalue weighted by Gasteiger charge is 2.37. The number of benzene rings is 20. The minimum Gasteiger partial charge on any atom is -0.309 e. The molecule has 31 aromatic rings. The summed E-state index contributed by atoms with van der Waals surface area (Å²) in [5, 5.41) is 24.8. The van der Waals surface area contributed by atoms with E-state index in [1.807, 2.05) is 54.6 Å². The van der Waals surface area contributed by atoms with Crippen LogP contribution in [0.2, 0.25) is 0 Å². The summed E-state index contributed by atoms with van der Waals surface area (Å²) in [5.41, 5.74) is 24.4. The van der Waals surface area contributed by atoms with Crippen LogP contribution in [0.1, 0.15) is 31.8 Å². The molecule has 146 heavy (non-hydrogen) atoms. The molecule has 11 heterocycles. The summed E-state index contributed by atoms with van der Waals surface area (Å²) in [6.45, 7) is 4.61. The maximum Gasteiger partial charge on any atom is 0.237 e. The van der Waals surface area contributed by atoms with Crippen molar-refractivity contribution >= 4 is 207 Å². The van der Waals surface area contributed by atoms with Crippen molar-refractivity contribution < 1.29 is 6.85 Å². The summed E-state index contributed by atoms with van der Waals surface area (Å²) in [6.07, 6.45) is 10.1. The van der Waals surface area contributed by atoms with E-state index in [4.69, 9.17) is 61.7 Å². The van der Waals surface area contributed by atoms with E-state index in [1.54, 1.807) is 41.7 Å². The Morgan fingerprint density at radius 3 is 1.16 bits per heavy atom. The van der Waals surface area contributed by atoms with Crippen molar-refractivity contribution in [3.05, 3.63) is 455 Å². The van der Waals surface area contributed by atoms with Gasteiger partial charge in [0.2, 0.25) is 17.8 Å². The largest absolute Gasteiger partial charge is 0.309 e. The van der Waals surface area contributed by atoms with Gasteiger partial charge in [0, 0.05) is 130 Å². The van der Waals surface area contributed by atoms with E-state index < -0.39 is 6.04 Å². The molecule has 0 atom stereocenters. The van der Waals surface area contributed by atoms with Gasteiger partial charge in [-0.05, 0) is 197 Å². The highest BCUT2D eigenvalue weighted by Crippen LogP contribution is 2.52. The van der Waals surface area contributed by atoms with E-state index >= 15 is 0 Å². The molecule has 0 aliphatic heterocycles. The number of fused-ring (bicyclic) bond motifs is 29. The Hall–Kier alpha value is -19.8. The molecule has 32 rings (SSSR count). The zero-order valence-corrected chi connectivity index (χ0v) is 78.4. The normalized spacial score (nSPS) is 13.0. The molecule has 0 unspecified atom stereocenters. The summed E-state index contributed by atoms with van der Waals surface area (Å²) in [4.78, 5) is 59.7. The van der Waals surface area contributed by atoms with Crippen molar-refractivity contribution in [3.8, 4) is 74.1 Å². The molecule has 11 aromatic heterocycles. The van der Waals surface area contributed by atoms with E-state index in [9.17, 15) is 0 Å². The van der Waals surface area contributed by atoms with Gasteiger partial charge < -0.3 is 9.13 Å². The summed E-state index contributed by atoms with van der Waals surface area (Å²) in [6, 6.07) is 130. The van der Waals surface area contributed by atoms with E-state index in [2.05, 4.69) is 359 Å². The Morgan fingerprint density at radius 2 is 0.582 bits per heavy atom. The van der Waals surface area contributed by atoms with Crippen LogP contribution >= 0.6 is 0 Å². The van der Waals surface area contributed by atoms with Crippen molar-refractivity contribution in [2.45, 2.75) is 19.3 Å². The maximum absolute atomic E-state index is 8.80. The zero-order chi connectivity index (χ0) is 100. The number of aromatic nitrogens is 17. The molecule has 17 nitrogen and oxygen atoms in total. The molecule has 0 bridgehead atoms. The van der Waals surface area contributed by atoms with Gasteiger partial charge in [-0.3, -0.25) is 13.7 Å². The number of hydrogen-bond acceptors (Lipinski definition) is 12. The van der Waals surface area contributed by atoms with Crippen LogP contribution in [-0.4, -0.2) is 82.6 Å². The summed E-state index contributed by atoms with van der Waals surface area (Å²) < 4.78 is 53.2.